The topological polar surface area (TPSA) is 131 Å². The number of allylic oxidation sites excluding steroid dienone is 2. The van der Waals surface area contributed by atoms with E-state index in [9.17, 15) is 14.4 Å². The number of likely N-dealkylation sites (N-methyl/N-ethyl adjacent to an activating group) is 1. The molecule has 1 saturated heterocycles. The monoisotopic (exact) mass is 591 g/mol. The Morgan fingerprint density at radius 2 is 1.95 bits per heavy atom. The Balaban J connectivity index is 0.000000686. The molecule has 1 aliphatic carbocycles. The number of nitrogens with one attached hydrogen (secondary N) is 1. The number of aromatic nitrogens is 3. The number of ether oxygens (including phenoxy) is 1. The molecular formula is C29H42ClN5O4S. The van der Waals surface area contributed by atoms with Crippen LogP contribution in [0.3, 0.4) is 0 Å². The lowest BCUT2D eigenvalue weighted by molar-refractivity contribution is -0.123. The van der Waals surface area contributed by atoms with Crippen LogP contribution in [0.2, 0.25) is 5.15 Å². The van der Waals surface area contributed by atoms with E-state index in [-0.39, 0.29) is 33.3 Å². The summed E-state index contributed by atoms with van der Waals surface area (Å²) in [6, 6.07) is 1.84. The van der Waals surface area contributed by atoms with Crippen LogP contribution in [0.15, 0.2) is 33.7 Å². The van der Waals surface area contributed by atoms with Crippen molar-refractivity contribution in [1.82, 2.24) is 19.9 Å². The number of H-pyrrole nitrogens is 1. The number of carbonyl (C=O) groups excluding carboxylic acids is 2. The SMILES string of the molecule is C#C.CC.CCC/C(C(=O)c1nc(Cl)cc(OC[C@@H]2CCCN2C)n1)=C(/N)[C@H]1CCCCC1=O.O=c1[nH]ccs1. The highest BCUT2D eigenvalue weighted by molar-refractivity contribution is 7.07. The van der Waals surface area contributed by atoms with Crippen molar-refractivity contribution in [3.05, 3.63) is 49.6 Å². The molecule has 3 heterocycles. The fraction of sp³-hybridized carbons (Fsp3) is 0.552. The molecule has 1 aliphatic heterocycles. The van der Waals surface area contributed by atoms with Gasteiger partial charge in [0.25, 0.3) is 0 Å². The zero-order valence-electron chi connectivity index (χ0n) is 24.0. The molecule has 0 radical (unpaired) electrons. The molecular weight excluding hydrogens is 550 g/mol. The number of halogens is 1. The first-order chi connectivity index (χ1) is 19.3. The van der Waals surface area contributed by atoms with E-state index in [0.717, 1.165) is 38.6 Å². The summed E-state index contributed by atoms with van der Waals surface area (Å²) in [4.78, 5) is 48.8. The smallest absolute Gasteiger partial charge is 0.304 e. The van der Waals surface area contributed by atoms with Crippen molar-refractivity contribution in [3.8, 4) is 18.7 Å². The number of carbonyl (C=O) groups is 2. The number of rotatable bonds is 8. The molecule has 11 heteroatoms. The lowest BCUT2D eigenvalue weighted by atomic mass is 9.83. The summed E-state index contributed by atoms with van der Waals surface area (Å²) in [6.45, 7) is 7.50. The first-order valence-electron chi connectivity index (χ1n) is 13.7. The summed E-state index contributed by atoms with van der Waals surface area (Å²) in [5.41, 5.74) is 7.14. The molecule has 0 aromatic carbocycles. The third kappa shape index (κ3) is 10.9. The first kappa shape index (κ1) is 35.0. The second kappa shape index (κ2) is 19.1. The molecule has 4 rings (SSSR count). The van der Waals surface area contributed by atoms with Crippen LogP contribution in [0.5, 0.6) is 5.88 Å². The molecule has 2 aromatic rings. The van der Waals surface area contributed by atoms with Gasteiger partial charge in [0.15, 0.2) is 0 Å². The number of terminal acetylenes is 1. The van der Waals surface area contributed by atoms with Gasteiger partial charge in [0.2, 0.25) is 17.5 Å². The van der Waals surface area contributed by atoms with E-state index in [2.05, 4.69) is 39.7 Å². The quantitative estimate of drug-likeness (QED) is 0.184. The molecule has 0 spiro atoms. The average molecular weight is 592 g/mol. The van der Waals surface area contributed by atoms with Crippen LogP contribution >= 0.6 is 22.9 Å². The highest BCUT2D eigenvalue weighted by Crippen LogP contribution is 2.29. The largest absolute Gasteiger partial charge is 0.476 e. The van der Waals surface area contributed by atoms with E-state index in [1.165, 1.54) is 17.4 Å². The lowest BCUT2D eigenvalue weighted by Gasteiger charge is -2.23. The van der Waals surface area contributed by atoms with Crippen LogP contribution in [0.1, 0.15) is 82.8 Å². The van der Waals surface area contributed by atoms with Gasteiger partial charge < -0.3 is 20.4 Å². The standard InChI is InChI=1S/C22H31ClN4O3.C3H3NOS.C2H6.C2H2/c1-3-7-16(20(24)15-9-4-5-10-17(15)28)21(29)22-25-18(23)12-19(26-22)30-13-14-8-6-11-27(14)2;5-3-4-1-2-6-3;2*1-2/h12,14-15H,3-11,13,24H2,1-2H3;1-2H,(H,4,5);1-2H3;1-2H/b20-16-;;;/t14-,15-;;;/m0.../s1. The van der Waals surface area contributed by atoms with Crippen molar-refractivity contribution in [3.63, 3.8) is 0 Å². The van der Waals surface area contributed by atoms with Crippen molar-refractivity contribution < 1.29 is 14.3 Å². The number of ketones is 2. The van der Waals surface area contributed by atoms with E-state index in [1.807, 2.05) is 20.8 Å². The Kier molecular flexibility index (Phi) is 16.8. The number of nitrogens with two attached hydrogens (primary N) is 1. The molecule has 0 unspecified atom stereocenters. The maximum atomic E-state index is 13.2. The fourth-order valence-electron chi connectivity index (χ4n) is 4.47. The molecule has 2 fully saturated rings. The zero-order chi connectivity index (χ0) is 30.1. The van der Waals surface area contributed by atoms with E-state index in [0.29, 0.717) is 43.2 Å². The van der Waals surface area contributed by atoms with Gasteiger partial charge in [-0.25, -0.2) is 4.98 Å². The number of likely N-dealkylation sites (tertiary alicyclic amines) is 1. The van der Waals surface area contributed by atoms with Crippen LogP contribution in [-0.4, -0.2) is 57.7 Å². The number of hydrogen-bond acceptors (Lipinski definition) is 9. The molecule has 0 amide bonds. The lowest BCUT2D eigenvalue weighted by Crippen LogP contribution is -2.31. The second-order valence-electron chi connectivity index (χ2n) is 9.07. The van der Waals surface area contributed by atoms with E-state index in [1.54, 1.807) is 11.6 Å². The third-order valence-electron chi connectivity index (χ3n) is 6.47. The molecule has 9 nitrogen and oxygen atoms in total. The summed E-state index contributed by atoms with van der Waals surface area (Å²) >= 11 is 7.32. The molecule has 2 aromatic heterocycles. The third-order valence-corrected chi connectivity index (χ3v) is 7.26. The molecule has 1 saturated carbocycles. The predicted octanol–water partition coefficient (Wildman–Crippen LogP) is 5.27. The van der Waals surface area contributed by atoms with Crippen LogP contribution in [0.25, 0.3) is 0 Å². The minimum Gasteiger partial charge on any atom is -0.476 e. The second-order valence-corrected chi connectivity index (χ2v) is 10.3. The number of hydrogen-bond donors (Lipinski definition) is 2. The fourth-order valence-corrected chi connectivity index (χ4v) is 5.04. The van der Waals surface area contributed by atoms with Crippen molar-refractivity contribution in [2.75, 3.05) is 20.2 Å². The Morgan fingerprint density at radius 3 is 2.48 bits per heavy atom. The van der Waals surface area contributed by atoms with Crippen LogP contribution < -0.4 is 15.3 Å². The first-order valence-corrected chi connectivity index (χ1v) is 14.9. The minimum atomic E-state index is -0.392. The summed E-state index contributed by atoms with van der Waals surface area (Å²) in [6.07, 6.45) is 16.0. The van der Waals surface area contributed by atoms with Crippen LogP contribution in [0.4, 0.5) is 0 Å². The van der Waals surface area contributed by atoms with Crippen molar-refractivity contribution >= 4 is 34.5 Å². The molecule has 40 heavy (non-hydrogen) atoms. The maximum Gasteiger partial charge on any atom is 0.304 e. The van der Waals surface area contributed by atoms with E-state index in [4.69, 9.17) is 22.1 Å². The van der Waals surface area contributed by atoms with Gasteiger partial charge in [-0.2, -0.15) is 4.98 Å². The number of aromatic amines is 1. The number of thiazole rings is 1. The van der Waals surface area contributed by atoms with E-state index >= 15 is 0 Å². The zero-order valence-corrected chi connectivity index (χ0v) is 25.5. The summed E-state index contributed by atoms with van der Waals surface area (Å²) in [7, 11) is 2.07. The Hall–Kier alpha value is -3.00. The number of nitrogens with zero attached hydrogens (tertiary/aromatic N) is 3. The van der Waals surface area contributed by atoms with Gasteiger partial charge in [0, 0.05) is 41.4 Å². The average Bonchev–Trinajstić information content (AvgIpc) is 3.62. The summed E-state index contributed by atoms with van der Waals surface area (Å²) < 4.78 is 5.83. The highest BCUT2D eigenvalue weighted by Gasteiger charge is 2.29. The van der Waals surface area contributed by atoms with Crippen LogP contribution in [0, 0.1) is 18.8 Å². The van der Waals surface area contributed by atoms with Crippen molar-refractivity contribution in [2.24, 2.45) is 11.7 Å². The highest BCUT2D eigenvalue weighted by atomic mass is 35.5. The summed E-state index contributed by atoms with van der Waals surface area (Å²) in [5, 5.41) is 1.86. The van der Waals surface area contributed by atoms with E-state index < -0.39 is 5.92 Å². The molecule has 3 N–H and O–H groups in total. The van der Waals surface area contributed by atoms with Crippen LogP contribution in [-0.2, 0) is 4.79 Å². The van der Waals surface area contributed by atoms with Gasteiger partial charge in [0.1, 0.15) is 17.5 Å². The van der Waals surface area contributed by atoms with Gasteiger partial charge in [0.05, 0.1) is 5.92 Å². The van der Waals surface area contributed by atoms with Gasteiger partial charge in [-0.1, -0.05) is 56.6 Å². The minimum absolute atomic E-state index is 0.00926. The molecule has 2 atom stereocenters. The molecule has 0 bridgehead atoms. The van der Waals surface area contributed by atoms with Gasteiger partial charge in [-0.05, 0) is 45.7 Å². The molecule has 2 aliphatic rings. The van der Waals surface area contributed by atoms with Gasteiger partial charge in [-0.3, -0.25) is 14.4 Å². The van der Waals surface area contributed by atoms with Crippen molar-refractivity contribution in [1.29, 1.82) is 0 Å². The van der Waals surface area contributed by atoms with Gasteiger partial charge >= 0.3 is 4.87 Å². The number of Topliss-reactive ketones (excluding diaryl/α,β-unsaturated/α-hetero) is 2. The predicted molar refractivity (Wildman–Crippen MR) is 162 cm³/mol. The normalized spacial score (nSPS) is 19.0. The van der Waals surface area contributed by atoms with Crippen molar-refractivity contribution in [2.45, 2.75) is 78.2 Å². The van der Waals surface area contributed by atoms with Gasteiger partial charge in [-0.15, -0.1) is 12.8 Å². The summed E-state index contributed by atoms with van der Waals surface area (Å²) in [5.74, 6) is -0.416. The molecule has 220 valence electrons. The maximum absolute atomic E-state index is 13.2. The Morgan fingerprint density at radius 1 is 1.23 bits per heavy atom. The Bertz CT molecular complexity index is 1160. The Labute approximate surface area is 246 Å².